The summed E-state index contributed by atoms with van der Waals surface area (Å²) in [4.78, 5) is 2.43. The van der Waals surface area contributed by atoms with Gasteiger partial charge in [-0.3, -0.25) is 0 Å². The zero-order valence-electron chi connectivity index (χ0n) is 34.0. The van der Waals surface area contributed by atoms with Crippen LogP contribution in [0, 0.1) is 23.7 Å². The van der Waals surface area contributed by atoms with Crippen molar-refractivity contribution in [2.24, 2.45) is 23.7 Å². The smallest absolute Gasteiger partial charge is 0.0541 e. The second-order valence-corrected chi connectivity index (χ2v) is 19.6. The third-order valence-corrected chi connectivity index (χ3v) is 16.7. The maximum atomic E-state index is 2.55. The molecule has 292 valence electrons. The zero-order valence-corrected chi connectivity index (χ0v) is 34.8. The summed E-state index contributed by atoms with van der Waals surface area (Å²) in [6, 6.07) is 68.8. The summed E-state index contributed by atoms with van der Waals surface area (Å²) in [5, 5.41) is 5.20. The second kappa shape index (κ2) is 12.8. The molecule has 0 atom stereocenters. The molecule has 5 aliphatic rings. The fourth-order valence-corrected chi connectivity index (χ4v) is 14.5. The number of hydrogen-bond donors (Lipinski definition) is 0. The van der Waals surface area contributed by atoms with Gasteiger partial charge in [-0.2, -0.15) is 0 Å². The second-order valence-electron chi connectivity index (χ2n) is 18.5. The Morgan fingerprint density at radius 3 is 1.70 bits per heavy atom. The van der Waals surface area contributed by atoms with Gasteiger partial charge in [-0.1, -0.05) is 109 Å². The van der Waals surface area contributed by atoms with E-state index in [0.29, 0.717) is 0 Å². The number of nitrogens with zero attached hydrogens (tertiary/aromatic N) is 2. The van der Waals surface area contributed by atoms with Crippen LogP contribution in [0.3, 0.4) is 0 Å². The molecule has 0 amide bonds. The normalized spacial score (nSPS) is 22.2. The lowest BCUT2D eigenvalue weighted by atomic mass is 9.43. The molecule has 0 aliphatic heterocycles. The molecule has 4 fully saturated rings. The van der Waals surface area contributed by atoms with Crippen molar-refractivity contribution in [2.45, 2.75) is 37.5 Å². The van der Waals surface area contributed by atoms with Crippen molar-refractivity contribution in [1.82, 2.24) is 4.57 Å². The molecule has 3 heteroatoms. The number of anilines is 3. The van der Waals surface area contributed by atoms with Gasteiger partial charge >= 0.3 is 0 Å². The number of fused-ring (bicyclic) bond motifs is 9. The highest BCUT2D eigenvalue weighted by Crippen LogP contribution is 2.69. The van der Waals surface area contributed by atoms with Crippen LogP contribution in [0.2, 0.25) is 0 Å². The zero-order chi connectivity index (χ0) is 39.8. The van der Waals surface area contributed by atoms with Crippen molar-refractivity contribution in [3.8, 4) is 27.9 Å². The lowest BCUT2D eigenvalue weighted by Crippen LogP contribution is -2.55. The Balaban J connectivity index is 0.870. The van der Waals surface area contributed by atoms with Crippen LogP contribution in [0.15, 0.2) is 182 Å². The van der Waals surface area contributed by atoms with E-state index in [-0.39, 0.29) is 5.41 Å². The SMILES string of the molecule is c1ccc2c(c1)-c1cc(-c3ccc(N(c4ccc(-n5c6ccccc6c6ccccc65)cc4)c4ccc5c(c4)sc4ccccc45)cc3)ccc1C21C2CC3CC(C2)CC1C3. The van der Waals surface area contributed by atoms with Gasteiger partial charge in [-0.25, -0.2) is 0 Å². The number of aromatic nitrogens is 1. The Hall–Kier alpha value is -6.42. The summed E-state index contributed by atoms with van der Waals surface area (Å²) < 4.78 is 5.03. The molecule has 15 rings (SSSR count). The van der Waals surface area contributed by atoms with Crippen molar-refractivity contribution in [2.75, 3.05) is 4.90 Å². The van der Waals surface area contributed by atoms with E-state index in [9.17, 15) is 0 Å². The van der Waals surface area contributed by atoms with Gasteiger partial charge in [0.25, 0.3) is 0 Å². The highest BCUT2D eigenvalue weighted by atomic mass is 32.1. The van der Waals surface area contributed by atoms with Crippen molar-refractivity contribution in [3.63, 3.8) is 0 Å². The van der Waals surface area contributed by atoms with Gasteiger partial charge in [0, 0.05) is 59.1 Å². The largest absolute Gasteiger partial charge is 0.310 e. The first kappa shape index (κ1) is 34.3. The average Bonchev–Trinajstić information content (AvgIpc) is 3.95. The Morgan fingerprint density at radius 2 is 0.984 bits per heavy atom. The summed E-state index contributed by atoms with van der Waals surface area (Å²) in [5.41, 5.74) is 16.0. The summed E-state index contributed by atoms with van der Waals surface area (Å²) in [7, 11) is 0. The van der Waals surface area contributed by atoms with Gasteiger partial charge in [0.05, 0.1) is 11.0 Å². The Kier molecular flexibility index (Phi) is 7.20. The fraction of sp³-hybridized carbons (Fsp3) is 0.172. The summed E-state index contributed by atoms with van der Waals surface area (Å²) in [6.07, 6.45) is 7.15. The first-order valence-corrected chi connectivity index (χ1v) is 23.2. The Bertz CT molecular complexity index is 3300. The number of thiophene rings is 1. The first-order chi connectivity index (χ1) is 30.2. The van der Waals surface area contributed by atoms with E-state index in [4.69, 9.17) is 0 Å². The number of rotatable bonds is 5. The molecule has 10 aromatic rings. The predicted molar refractivity (Wildman–Crippen MR) is 257 cm³/mol. The minimum absolute atomic E-state index is 0.203. The molecule has 8 aromatic carbocycles. The maximum Gasteiger partial charge on any atom is 0.0541 e. The molecule has 0 saturated heterocycles. The molecule has 0 radical (unpaired) electrons. The predicted octanol–water partition coefficient (Wildman–Crippen LogP) is 16.0. The summed E-state index contributed by atoms with van der Waals surface area (Å²) in [5.74, 6) is 3.47. The van der Waals surface area contributed by atoms with Gasteiger partial charge in [0.15, 0.2) is 0 Å². The average molecular weight is 801 g/mol. The molecular weight excluding hydrogens is 757 g/mol. The highest BCUT2D eigenvalue weighted by molar-refractivity contribution is 7.25. The van der Waals surface area contributed by atoms with E-state index in [2.05, 4.69) is 191 Å². The molecule has 0 N–H and O–H groups in total. The molecule has 4 saturated carbocycles. The molecule has 0 unspecified atom stereocenters. The number of benzene rings is 8. The van der Waals surface area contributed by atoms with Crippen LogP contribution in [0.1, 0.15) is 43.2 Å². The van der Waals surface area contributed by atoms with Gasteiger partial charge < -0.3 is 9.47 Å². The van der Waals surface area contributed by atoms with Gasteiger partial charge in [-0.05, 0) is 162 Å². The minimum Gasteiger partial charge on any atom is -0.310 e. The van der Waals surface area contributed by atoms with E-state index in [0.717, 1.165) is 46.4 Å². The minimum atomic E-state index is 0.203. The quantitative estimate of drug-likeness (QED) is 0.168. The monoisotopic (exact) mass is 800 g/mol. The van der Waals surface area contributed by atoms with E-state index < -0.39 is 0 Å². The van der Waals surface area contributed by atoms with Crippen LogP contribution < -0.4 is 4.90 Å². The van der Waals surface area contributed by atoms with Crippen LogP contribution in [-0.2, 0) is 5.41 Å². The molecule has 2 aromatic heterocycles. The van der Waals surface area contributed by atoms with Gasteiger partial charge in [-0.15, -0.1) is 11.3 Å². The van der Waals surface area contributed by atoms with E-state index in [1.54, 1.807) is 11.1 Å². The lowest BCUT2D eigenvalue weighted by Gasteiger charge is -2.61. The van der Waals surface area contributed by atoms with E-state index >= 15 is 0 Å². The molecule has 5 aliphatic carbocycles. The first-order valence-electron chi connectivity index (χ1n) is 22.3. The molecule has 1 spiro atoms. The Labute approximate surface area is 360 Å². The standard InChI is InChI=1S/C58H44N2S/c1-5-13-52-46(9-1)51-34-39(19-28-53(51)58(52)40-30-36-29-37(32-40)33-41(58)31-36)38-17-20-42(21-18-38)59(45-26-27-50-49-12-4-8-16-56(49)61-57(50)35-45)43-22-24-44(25-23-43)60-54-14-6-2-10-47(54)48-11-3-7-15-55(48)60/h1-28,34-37,40-41H,29-33H2. The molecule has 2 heterocycles. The van der Waals surface area contributed by atoms with Crippen LogP contribution in [0.25, 0.3) is 69.9 Å². The van der Waals surface area contributed by atoms with Crippen molar-refractivity contribution >= 4 is 70.4 Å². The number of hydrogen-bond acceptors (Lipinski definition) is 2. The van der Waals surface area contributed by atoms with E-state index in [1.165, 1.54) is 96.3 Å². The van der Waals surface area contributed by atoms with Gasteiger partial charge in [0.1, 0.15) is 0 Å². The highest BCUT2D eigenvalue weighted by Gasteiger charge is 2.61. The lowest BCUT2D eigenvalue weighted by molar-refractivity contribution is -0.0399. The van der Waals surface area contributed by atoms with Crippen LogP contribution >= 0.6 is 11.3 Å². The third-order valence-electron chi connectivity index (χ3n) is 15.6. The van der Waals surface area contributed by atoms with E-state index in [1.807, 2.05) is 11.3 Å². The molecule has 4 bridgehead atoms. The number of para-hydroxylation sites is 2. The van der Waals surface area contributed by atoms with Crippen LogP contribution in [0.5, 0.6) is 0 Å². The Morgan fingerprint density at radius 1 is 0.426 bits per heavy atom. The van der Waals surface area contributed by atoms with Crippen molar-refractivity contribution in [3.05, 3.63) is 193 Å². The fourth-order valence-electron chi connectivity index (χ4n) is 13.4. The van der Waals surface area contributed by atoms with Crippen LogP contribution in [0.4, 0.5) is 17.1 Å². The molecule has 61 heavy (non-hydrogen) atoms. The molecule has 2 nitrogen and oxygen atoms in total. The summed E-state index contributed by atoms with van der Waals surface area (Å²) >= 11 is 1.88. The van der Waals surface area contributed by atoms with Gasteiger partial charge in [0.2, 0.25) is 0 Å². The maximum absolute atomic E-state index is 2.55. The molecular formula is C58H44N2S. The van der Waals surface area contributed by atoms with Crippen LogP contribution in [-0.4, -0.2) is 4.57 Å². The topological polar surface area (TPSA) is 8.17 Å². The van der Waals surface area contributed by atoms with Crippen molar-refractivity contribution < 1.29 is 0 Å². The third kappa shape index (κ3) is 4.84. The summed E-state index contributed by atoms with van der Waals surface area (Å²) in [6.45, 7) is 0. The van der Waals surface area contributed by atoms with Crippen molar-refractivity contribution in [1.29, 1.82) is 0 Å².